The number of fused-ring (bicyclic) bond motifs is 1. The SMILES string of the molecule is COc1cc2ccccc2cc1C(=O)Nc1nnc(-c2ccc(C)c(C)c2)o1. The van der Waals surface area contributed by atoms with Crippen molar-refractivity contribution >= 4 is 22.7 Å². The Kier molecular flexibility index (Phi) is 4.53. The van der Waals surface area contributed by atoms with Crippen LogP contribution in [-0.2, 0) is 0 Å². The molecule has 28 heavy (non-hydrogen) atoms. The highest BCUT2D eigenvalue weighted by molar-refractivity contribution is 6.07. The zero-order chi connectivity index (χ0) is 19.7. The van der Waals surface area contributed by atoms with Crippen molar-refractivity contribution in [2.45, 2.75) is 13.8 Å². The van der Waals surface area contributed by atoms with Crippen LogP contribution in [0.4, 0.5) is 6.01 Å². The highest BCUT2D eigenvalue weighted by Gasteiger charge is 2.17. The summed E-state index contributed by atoms with van der Waals surface area (Å²) in [7, 11) is 1.53. The van der Waals surface area contributed by atoms with E-state index < -0.39 is 0 Å². The number of amides is 1. The average molecular weight is 373 g/mol. The lowest BCUT2D eigenvalue weighted by Crippen LogP contribution is -2.13. The van der Waals surface area contributed by atoms with Crippen molar-refractivity contribution in [2.75, 3.05) is 12.4 Å². The molecule has 1 aromatic heterocycles. The van der Waals surface area contributed by atoms with Gasteiger partial charge < -0.3 is 9.15 Å². The molecule has 0 aliphatic heterocycles. The molecule has 0 unspecified atom stereocenters. The minimum Gasteiger partial charge on any atom is -0.496 e. The maximum atomic E-state index is 12.8. The van der Waals surface area contributed by atoms with Crippen molar-refractivity contribution in [2.24, 2.45) is 0 Å². The van der Waals surface area contributed by atoms with Gasteiger partial charge in [-0.3, -0.25) is 10.1 Å². The summed E-state index contributed by atoms with van der Waals surface area (Å²) in [6.45, 7) is 4.05. The molecule has 0 fully saturated rings. The fraction of sp³-hybridized carbons (Fsp3) is 0.136. The number of hydrogen-bond donors (Lipinski definition) is 1. The van der Waals surface area contributed by atoms with Gasteiger partial charge in [-0.15, -0.1) is 5.10 Å². The van der Waals surface area contributed by atoms with Gasteiger partial charge in [0.25, 0.3) is 5.91 Å². The van der Waals surface area contributed by atoms with Crippen molar-refractivity contribution in [1.82, 2.24) is 10.2 Å². The average Bonchev–Trinajstić information content (AvgIpc) is 3.17. The van der Waals surface area contributed by atoms with E-state index in [-0.39, 0.29) is 11.9 Å². The molecule has 6 nitrogen and oxygen atoms in total. The molecule has 140 valence electrons. The third kappa shape index (κ3) is 3.32. The highest BCUT2D eigenvalue weighted by atomic mass is 16.5. The number of rotatable bonds is 4. The first kappa shape index (κ1) is 17.7. The number of hydrogen-bond acceptors (Lipinski definition) is 5. The van der Waals surface area contributed by atoms with E-state index in [1.807, 2.05) is 62.4 Å². The van der Waals surface area contributed by atoms with Crippen molar-refractivity contribution < 1.29 is 13.9 Å². The van der Waals surface area contributed by atoms with Gasteiger partial charge in [0, 0.05) is 5.56 Å². The van der Waals surface area contributed by atoms with Crippen molar-refractivity contribution in [3.05, 3.63) is 71.3 Å². The summed E-state index contributed by atoms with van der Waals surface area (Å²) < 4.78 is 11.0. The van der Waals surface area contributed by atoms with Gasteiger partial charge >= 0.3 is 6.01 Å². The van der Waals surface area contributed by atoms with Crippen molar-refractivity contribution in [3.63, 3.8) is 0 Å². The third-order valence-corrected chi connectivity index (χ3v) is 4.71. The van der Waals surface area contributed by atoms with Crippen LogP contribution >= 0.6 is 0 Å². The summed E-state index contributed by atoms with van der Waals surface area (Å²) in [5.74, 6) is 0.451. The normalized spacial score (nSPS) is 10.8. The van der Waals surface area contributed by atoms with Gasteiger partial charge in [-0.1, -0.05) is 35.4 Å². The van der Waals surface area contributed by atoms with Gasteiger partial charge in [-0.05, 0) is 60.0 Å². The van der Waals surface area contributed by atoms with E-state index in [0.29, 0.717) is 17.2 Å². The fourth-order valence-corrected chi connectivity index (χ4v) is 3.00. The maximum Gasteiger partial charge on any atom is 0.322 e. The summed E-state index contributed by atoms with van der Waals surface area (Å²) in [4.78, 5) is 12.8. The van der Waals surface area contributed by atoms with E-state index in [1.54, 1.807) is 6.07 Å². The van der Waals surface area contributed by atoms with Gasteiger partial charge in [-0.2, -0.15) is 0 Å². The Balaban J connectivity index is 1.61. The molecule has 6 heteroatoms. The maximum absolute atomic E-state index is 12.8. The molecule has 0 aliphatic carbocycles. The molecule has 0 radical (unpaired) electrons. The van der Waals surface area contributed by atoms with Crippen LogP contribution in [0.5, 0.6) is 5.75 Å². The minimum absolute atomic E-state index is 0.0356. The smallest absolute Gasteiger partial charge is 0.322 e. The van der Waals surface area contributed by atoms with E-state index in [2.05, 4.69) is 15.5 Å². The topological polar surface area (TPSA) is 77.2 Å². The monoisotopic (exact) mass is 373 g/mol. The second kappa shape index (κ2) is 7.15. The number of anilines is 1. The third-order valence-electron chi connectivity index (χ3n) is 4.71. The van der Waals surface area contributed by atoms with Crippen LogP contribution in [0, 0.1) is 13.8 Å². The van der Waals surface area contributed by atoms with Crippen LogP contribution in [0.15, 0.2) is 59.0 Å². The summed E-state index contributed by atoms with van der Waals surface area (Å²) in [6, 6.07) is 17.3. The second-order valence-corrected chi connectivity index (χ2v) is 6.57. The quantitative estimate of drug-likeness (QED) is 0.558. The van der Waals surface area contributed by atoms with Crippen molar-refractivity contribution in [3.8, 4) is 17.2 Å². The lowest BCUT2D eigenvalue weighted by atomic mass is 10.1. The molecule has 1 heterocycles. The number of benzene rings is 3. The van der Waals surface area contributed by atoms with Gasteiger partial charge in [0.15, 0.2) is 0 Å². The molecule has 1 N–H and O–H groups in total. The Hall–Kier alpha value is -3.67. The van der Waals surface area contributed by atoms with Crippen LogP contribution < -0.4 is 10.1 Å². The fourth-order valence-electron chi connectivity index (χ4n) is 3.00. The molecule has 0 atom stereocenters. The van der Waals surface area contributed by atoms with Crippen LogP contribution in [0.3, 0.4) is 0 Å². The number of nitrogens with zero attached hydrogens (tertiary/aromatic N) is 2. The first-order valence-corrected chi connectivity index (χ1v) is 8.84. The van der Waals surface area contributed by atoms with E-state index in [0.717, 1.165) is 21.9 Å². The van der Waals surface area contributed by atoms with Gasteiger partial charge in [-0.25, -0.2) is 0 Å². The highest BCUT2D eigenvalue weighted by Crippen LogP contribution is 2.27. The van der Waals surface area contributed by atoms with E-state index >= 15 is 0 Å². The lowest BCUT2D eigenvalue weighted by molar-refractivity contribution is 0.102. The number of aromatic nitrogens is 2. The largest absolute Gasteiger partial charge is 0.496 e. The number of ether oxygens (including phenoxy) is 1. The minimum atomic E-state index is -0.377. The zero-order valence-corrected chi connectivity index (χ0v) is 15.8. The summed E-state index contributed by atoms with van der Waals surface area (Å²) in [6.07, 6.45) is 0. The molecule has 0 aliphatic rings. The van der Waals surface area contributed by atoms with Crippen LogP contribution in [-0.4, -0.2) is 23.2 Å². The molecule has 0 saturated heterocycles. The van der Waals surface area contributed by atoms with E-state index in [4.69, 9.17) is 9.15 Å². The molecule has 0 saturated carbocycles. The number of nitrogens with one attached hydrogen (secondary N) is 1. The Morgan fingerprint density at radius 2 is 1.71 bits per heavy atom. The summed E-state index contributed by atoms with van der Waals surface area (Å²) in [5.41, 5.74) is 3.51. The number of methoxy groups -OCH3 is 1. The zero-order valence-electron chi connectivity index (χ0n) is 15.8. The van der Waals surface area contributed by atoms with Crippen LogP contribution in [0.1, 0.15) is 21.5 Å². The Bertz CT molecular complexity index is 1180. The van der Waals surface area contributed by atoms with Gasteiger partial charge in [0.05, 0.1) is 12.7 Å². The molecule has 1 amide bonds. The van der Waals surface area contributed by atoms with Crippen LogP contribution in [0.2, 0.25) is 0 Å². The number of aryl methyl sites for hydroxylation is 2. The molecule has 3 aromatic carbocycles. The second-order valence-electron chi connectivity index (χ2n) is 6.57. The Morgan fingerprint density at radius 3 is 2.43 bits per heavy atom. The predicted molar refractivity (Wildman–Crippen MR) is 108 cm³/mol. The van der Waals surface area contributed by atoms with E-state index in [9.17, 15) is 4.79 Å². The molecule has 4 rings (SSSR count). The molecule has 4 aromatic rings. The molecule has 0 bridgehead atoms. The Labute approximate surface area is 162 Å². The van der Waals surface area contributed by atoms with E-state index in [1.165, 1.54) is 12.7 Å². The standard InChI is InChI=1S/C22H19N3O3/c1-13-8-9-17(10-14(13)2)21-24-25-22(28-21)23-20(26)18-11-15-6-4-5-7-16(15)12-19(18)27-3/h4-12H,1-3H3,(H,23,25,26). The molecular weight excluding hydrogens is 354 g/mol. The molecule has 0 spiro atoms. The first-order valence-electron chi connectivity index (χ1n) is 8.84. The Morgan fingerprint density at radius 1 is 0.964 bits per heavy atom. The van der Waals surface area contributed by atoms with Crippen molar-refractivity contribution in [1.29, 1.82) is 0 Å². The predicted octanol–water partition coefficient (Wildman–Crippen LogP) is 4.77. The molecular formula is C22H19N3O3. The van der Waals surface area contributed by atoms with Crippen LogP contribution in [0.25, 0.3) is 22.2 Å². The lowest BCUT2D eigenvalue weighted by Gasteiger charge is -2.09. The summed E-state index contributed by atoms with van der Waals surface area (Å²) in [5, 5.41) is 12.6. The first-order chi connectivity index (χ1) is 13.5. The summed E-state index contributed by atoms with van der Waals surface area (Å²) >= 11 is 0. The van der Waals surface area contributed by atoms with Gasteiger partial charge in [0.1, 0.15) is 5.75 Å². The van der Waals surface area contributed by atoms with Gasteiger partial charge in [0.2, 0.25) is 5.89 Å². The number of carbonyl (C=O) groups is 1. The number of carbonyl (C=O) groups excluding carboxylic acids is 1.